The molecule has 4 rings (SSSR count). The van der Waals surface area contributed by atoms with Gasteiger partial charge < -0.3 is 9.80 Å². The van der Waals surface area contributed by atoms with E-state index in [4.69, 9.17) is 10.1 Å². The van der Waals surface area contributed by atoms with Gasteiger partial charge in [-0.05, 0) is 38.9 Å². The lowest BCUT2D eigenvalue weighted by atomic mass is 10.1. The van der Waals surface area contributed by atoms with Gasteiger partial charge in [-0.15, -0.1) is 5.10 Å². The molecule has 1 aliphatic rings. The number of hydrogen-bond acceptors (Lipinski definition) is 5. The van der Waals surface area contributed by atoms with Crippen molar-refractivity contribution in [1.82, 2.24) is 24.5 Å². The molecule has 0 spiro atoms. The molecule has 0 saturated carbocycles. The van der Waals surface area contributed by atoms with Crippen molar-refractivity contribution in [3.05, 3.63) is 29.1 Å². The largest absolute Gasteiger partial charge is 0.354 e. The number of pyridine rings is 1. The van der Waals surface area contributed by atoms with Gasteiger partial charge in [0, 0.05) is 43.6 Å². The molecule has 0 atom stereocenters. The van der Waals surface area contributed by atoms with Crippen molar-refractivity contribution in [3.63, 3.8) is 0 Å². The van der Waals surface area contributed by atoms with E-state index in [0.717, 1.165) is 72.9 Å². The minimum absolute atomic E-state index is 0.800. The Morgan fingerprint density at radius 2 is 1.80 bits per heavy atom. The number of aromatic nitrogens is 4. The average Bonchev–Trinajstić information content (AvgIpc) is 2.93. The number of fused-ring (bicyclic) bond motifs is 3. The van der Waals surface area contributed by atoms with Crippen LogP contribution in [0.3, 0.4) is 0 Å². The van der Waals surface area contributed by atoms with Crippen LogP contribution in [0.5, 0.6) is 0 Å². The Balaban J connectivity index is 1.95. The van der Waals surface area contributed by atoms with Crippen molar-refractivity contribution < 1.29 is 0 Å². The van der Waals surface area contributed by atoms with Crippen LogP contribution in [0, 0.1) is 13.8 Å². The van der Waals surface area contributed by atoms with E-state index in [0.29, 0.717) is 0 Å². The Bertz CT molecular complexity index is 921. The first-order chi connectivity index (χ1) is 12.1. The summed E-state index contributed by atoms with van der Waals surface area (Å²) in [6.07, 6.45) is 2.08. The van der Waals surface area contributed by atoms with Crippen LogP contribution in [-0.4, -0.2) is 57.7 Å². The molecule has 0 bridgehead atoms. The molecule has 3 aromatic heterocycles. The molecule has 1 fully saturated rings. The van der Waals surface area contributed by atoms with Gasteiger partial charge in [0.15, 0.2) is 11.3 Å². The van der Waals surface area contributed by atoms with Crippen molar-refractivity contribution in [2.75, 3.05) is 38.1 Å². The summed E-state index contributed by atoms with van der Waals surface area (Å²) in [6, 6.07) is 4.34. The summed E-state index contributed by atoms with van der Waals surface area (Å²) in [4.78, 5) is 14.4. The third-order valence-electron chi connectivity index (χ3n) is 5.04. The molecule has 0 aromatic carbocycles. The minimum atomic E-state index is 0.800. The molecule has 6 nitrogen and oxygen atoms in total. The lowest BCUT2D eigenvalue weighted by molar-refractivity contribution is 0.311. The molecule has 3 aromatic rings. The number of nitrogens with zero attached hydrogens (tertiary/aromatic N) is 6. The molecule has 6 heteroatoms. The molecule has 0 amide bonds. The summed E-state index contributed by atoms with van der Waals surface area (Å²) in [5.74, 6) is 1.15. The van der Waals surface area contributed by atoms with Gasteiger partial charge in [-0.25, -0.2) is 9.97 Å². The van der Waals surface area contributed by atoms with Gasteiger partial charge in [0.25, 0.3) is 0 Å². The molecule has 0 aliphatic carbocycles. The van der Waals surface area contributed by atoms with E-state index < -0.39 is 0 Å². The van der Waals surface area contributed by atoms with Crippen LogP contribution in [-0.2, 0) is 6.42 Å². The number of piperazine rings is 1. The molecule has 132 valence electrons. The Morgan fingerprint density at radius 3 is 2.52 bits per heavy atom. The van der Waals surface area contributed by atoms with Crippen LogP contribution >= 0.6 is 0 Å². The lowest BCUT2D eigenvalue weighted by Gasteiger charge is -2.34. The smallest absolute Gasteiger partial charge is 0.184 e. The maximum Gasteiger partial charge on any atom is 0.184 e. The standard InChI is InChI=1S/C19H26N6/c1-5-6-15-12-16(24-9-7-23(4)8-10-24)25-19(21-15)17-13(2)11-14(3)20-18(17)22-25/h11-12H,5-10H2,1-4H3. The first kappa shape index (κ1) is 16.3. The zero-order valence-electron chi connectivity index (χ0n) is 15.6. The second-order valence-corrected chi connectivity index (χ2v) is 7.16. The summed E-state index contributed by atoms with van der Waals surface area (Å²) in [5.41, 5.74) is 5.09. The molecule has 0 N–H and O–H groups in total. The molecule has 1 aliphatic heterocycles. The second-order valence-electron chi connectivity index (χ2n) is 7.16. The van der Waals surface area contributed by atoms with Gasteiger partial charge in [-0.1, -0.05) is 13.3 Å². The number of likely N-dealkylation sites (N-methyl/N-ethyl adjacent to an activating group) is 1. The van der Waals surface area contributed by atoms with Crippen molar-refractivity contribution in [1.29, 1.82) is 0 Å². The van der Waals surface area contributed by atoms with Crippen molar-refractivity contribution >= 4 is 22.5 Å². The fraction of sp³-hybridized carbons (Fsp3) is 0.526. The molecule has 0 unspecified atom stereocenters. The minimum Gasteiger partial charge on any atom is -0.354 e. The van der Waals surface area contributed by atoms with Crippen molar-refractivity contribution in [2.45, 2.75) is 33.6 Å². The van der Waals surface area contributed by atoms with Gasteiger partial charge in [-0.2, -0.15) is 4.52 Å². The quantitative estimate of drug-likeness (QED) is 0.735. The Labute approximate surface area is 148 Å². The summed E-state index contributed by atoms with van der Waals surface area (Å²) in [7, 11) is 2.18. The molecule has 25 heavy (non-hydrogen) atoms. The van der Waals surface area contributed by atoms with E-state index in [-0.39, 0.29) is 0 Å². The fourth-order valence-electron chi connectivity index (χ4n) is 3.70. The first-order valence-corrected chi connectivity index (χ1v) is 9.17. The van der Waals surface area contributed by atoms with Gasteiger partial charge in [0.1, 0.15) is 5.82 Å². The van der Waals surface area contributed by atoms with Crippen molar-refractivity contribution in [2.24, 2.45) is 0 Å². The number of rotatable bonds is 3. The predicted octanol–water partition coefficient (Wildman–Crippen LogP) is 2.60. The van der Waals surface area contributed by atoms with E-state index in [9.17, 15) is 0 Å². The zero-order valence-corrected chi connectivity index (χ0v) is 15.6. The highest BCUT2D eigenvalue weighted by molar-refractivity contribution is 5.93. The highest BCUT2D eigenvalue weighted by atomic mass is 15.4. The number of anilines is 1. The maximum atomic E-state index is 4.94. The van der Waals surface area contributed by atoms with Gasteiger partial charge in [0.05, 0.1) is 5.39 Å². The molecule has 0 radical (unpaired) electrons. The molecular formula is C19H26N6. The highest BCUT2D eigenvalue weighted by Gasteiger charge is 2.21. The van der Waals surface area contributed by atoms with E-state index in [1.807, 2.05) is 11.4 Å². The molecule has 4 heterocycles. The van der Waals surface area contributed by atoms with Gasteiger partial charge in [0.2, 0.25) is 0 Å². The van der Waals surface area contributed by atoms with Crippen LogP contribution in [0.25, 0.3) is 16.7 Å². The van der Waals surface area contributed by atoms with E-state index in [2.05, 4.69) is 47.8 Å². The Hall–Kier alpha value is -2.21. The van der Waals surface area contributed by atoms with Crippen LogP contribution in [0.2, 0.25) is 0 Å². The summed E-state index contributed by atoms with van der Waals surface area (Å²) < 4.78 is 2.01. The topological polar surface area (TPSA) is 49.6 Å². The van der Waals surface area contributed by atoms with Gasteiger partial charge >= 0.3 is 0 Å². The zero-order chi connectivity index (χ0) is 17.6. The third kappa shape index (κ3) is 2.84. The fourth-order valence-corrected chi connectivity index (χ4v) is 3.70. The molecule has 1 saturated heterocycles. The number of hydrogen-bond donors (Lipinski definition) is 0. The Kier molecular flexibility index (Phi) is 4.07. The highest BCUT2D eigenvalue weighted by Crippen LogP contribution is 2.27. The third-order valence-corrected chi connectivity index (χ3v) is 5.04. The Morgan fingerprint density at radius 1 is 1.04 bits per heavy atom. The average molecular weight is 338 g/mol. The van der Waals surface area contributed by atoms with Crippen LogP contribution in [0.15, 0.2) is 12.1 Å². The van der Waals surface area contributed by atoms with Gasteiger partial charge in [-0.3, -0.25) is 0 Å². The van der Waals surface area contributed by atoms with Crippen LogP contribution < -0.4 is 4.90 Å². The first-order valence-electron chi connectivity index (χ1n) is 9.17. The SMILES string of the molecule is CCCc1cc(N2CCN(C)CC2)n2nc3nc(C)cc(C)c3c2n1. The monoisotopic (exact) mass is 338 g/mol. The van der Waals surface area contributed by atoms with Crippen LogP contribution in [0.1, 0.15) is 30.3 Å². The van der Waals surface area contributed by atoms with Crippen molar-refractivity contribution in [3.8, 4) is 0 Å². The summed E-state index contributed by atoms with van der Waals surface area (Å²) in [5, 5.41) is 5.90. The lowest BCUT2D eigenvalue weighted by Crippen LogP contribution is -2.45. The second kappa shape index (κ2) is 6.26. The predicted molar refractivity (Wildman–Crippen MR) is 101 cm³/mol. The maximum absolute atomic E-state index is 4.94. The number of aryl methyl sites for hydroxylation is 3. The molecular weight excluding hydrogens is 312 g/mol. The van der Waals surface area contributed by atoms with E-state index in [1.165, 1.54) is 5.56 Å². The summed E-state index contributed by atoms with van der Waals surface area (Å²) >= 11 is 0. The van der Waals surface area contributed by atoms with E-state index >= 15 is 0 Å². The normalized spacial score (nSPS) is 16.2. The van der Waals surface area contributed by atoms with E-state index in [1.54, 1.807) is 0 Å². The van der Waals surface area contributed by atoms with Crippen LogP contribution in [0.4, 0.5) is 5.82 Å². The summed E-state index contributed by atoms with van der Waals surface area (Å²) in [6.45, 7) is 10.5.